The Morgan fingerprint density at radius 1 is 1.19 bits per heavy atom. The highest BCUT2D eigenvalue weighted by Gasteiger charge is 2.21. The average Bonchev–Trinajstić information content (AvgIpc) is 2.65. The highest BCUT2D eigenvalue weighted by Crippen LogP contribution is 2.21. The van der Waals surface area contributed by atoms with E-state index in [1.54, 1.807) is 7.11 Å². The number of carbonyl (C=O) groups excluding carboxylic acids is 1. The van der Waals surface area contributed by atoms with Crippen molar-refractivity contribution in [1.82, 2.24) is 10.2 Å². The number of rotatable bonds is 6. The van der Waals surface area contributed by atoms with Gasteiger partial charge in [-0.05, 0) is 43.5 Å². The summed E-state index contributed by atoms with van der Waals surface area (Å²) in [5.41, 5.74) is 3.35. The van der Waals surface area contributed by atoms with E-state index in [1.807, 2.05) is 37.3 Å². The highest BCUT2D eigenvalue weighted by molar-refractivity contribution is 6.30. The van der Waals surface area contributed by atoms with Crippen LogP contribution in [0.25, 0.3) is 0 Å². The van der Waals surface area contributed by atoms with E-state index in [0.29, 0.717) is 6.42 Å². The number of likely N-dealkylation sites (tertiary alicyclic amines) is 1. The zero-order chi connectivity index (χ0) is 19.2. The van der Waals surface area contributed by atoms with Gasteiger partial charge in [0.2, 0.25) is 5.91 Å². The average molecular weight is 387 g/mol. The van der Waals surface area contributed by atoms with Gasteiger partial charge in [-0.25, -0.2) is 0 Å². The van der Waals surface area contributed by atoms with Gasteiger partial charge in [0, 0.05) is 36.3 Å². The van der Waals surface area contributed by atoms with Crippen LogP contribution in [-0.2, 0) is 17.8 Å². The quantitative estimate of drug-likeness (QED) is 0.816. The Labute approximate surface area is 166 Å². The molecule has 0 aromatic heterocycles. The molecule has 1 aliphatic heterocycles. The number of aryl methyl sites for hydroxylation is 1. The van der Waals surface area contributed by atoms with Crippen LogP contribution in [0.15, 0.2) is 42.5 Å². The summed E-state index contributed by atoms with van der Waals surface area (Å²) in [4.78, 5) is 14.9. The summed E-state index contributed by atoms with van der Waals surface area (Å²) in [7, 11) is 1.64. The van der Waals surface area contributed by atoms with Crippen LogP contribution in [0.4, 0.5) is 0 Å². The Hall–Kier alpha value is -2.04. The fourth-order valence-electron chi connectivity index (χ4n) is 3.58. The smallest absolute Gasteiger partial charge is 0.224 e. The SMILES string of the molecule is COc1ccc(C)cc1CC(=O)NC1CCN(Cc2ccc(Cl)cc2)CC1. The van der Waals surface area contributed by atoms with Gasteiger partial charge >= 0.3 is 0 Å². The van der Waals surface area contributed by atoms with Crippen molar-refractivity contribution in [3.05, 3.63) is 64.2 Å². The summed E-state index contributed by atoms with van der Waals surface area (Å²) in [6, 6.07) is 14.2. The van der Waals surface area contributed by atoms with Gasteiger partial charge in [-0.1, -0.05) is 41.4 Å². The minimum Gasteiger partial charge on any atom is -0.496 e. The molecule has 2 aromatic carbocycles. The molecule has 1 fully saturated rings. The molecule has 0 saturated carbocycles. The van der Waals surface area contributed by atoms with Crippen molar-refractivity contribution in [3.8, 4) is 5.75 Å². The standard InChI is InChI=1S/C22H27ClN2O2/c1-16-3-8-21(27-2)18(13-16)14-22(26)24-20-9-11-25(12-10-20)15-17-4-6-19(23)7-5-17/h3-8,13,20H,9-12,14-15H2,1-2H3,(H,24,26). The van der Waals surface area contributed by atoms with Gasteiger partial charge in [-0.2, -0.15) is 0 Å². The molecule has 0 aliphatic carbocycles. The van der Waals surface area contributed by atoms with Crippen molar-refractivity contribution in [2.75, 3.05) is 20.2 Å². The van der Waals surface area contributed by atoms with Crippen molar-refractivity contribution in [2.24, 2.45) is 0 Å². The number of nitrogens with zero attached hydrogens (tertiary/aromatic N) is 1. The fraction of sp³-hybridized carbons (Fsp3) is 0.409. The van der Waals surface area contributed by atoms with E-state index < -0.39 is 0 Å². The monoisotopic (exact) mass is 386 g/mol. The molecule has 5 heteroatoms. The molecule has 0 unspecified atom stereocenters. The van der Waals surface area contributed by atoms with E-state index in [4.69, 9.17) is 16.3 Å². The second-order valence-electron chi connectivity index (χ2n) is 7.24. The van der Waals surface area contributed by atoms with Gasteiger partial charge in [0.05, 0.1) is 13.5 Å². The number of carbonyl (C=O) groups is 1. The van der Waals surface area contributed by atoms with E-state index in [0.717, 1.165) is 54.4 Å². The van der Waals surface area contributed by atoms with Crippen LogP contribution >= 0.6 is 11.6 Å². The summed E-state index contributed by atoms with van der Waals surface area (Å²) in [6.07, 6.45) is 2.31. The summed E-state index contributed by atoms with van der Waals surface area (Å²) < 4.78 is 5.37. The molecule has 27 heavy (non-hydrogen) atoms. The molecule has 2 aromatic rings. The van der Waals surface area contributed by atoms with Crippen molar-refractivity contribution in [3.63, 3.8) is 0 Å². The molecule has 0 spiro atoms. The summed E-state index contributed by atoms with van der Waals surface area (Å²) >= 11 is 5.95. The van der Waals surface area contributed by atoms with Gasteiger partial charge < -0.3 is 10.1 Å². The molecule has 1 aliphatic rings. The highest BCUT2D eigenvalue weighted by atomic mass is 35.5. The normalized spacial score (nSPS) is 15.5. The second kappa shape index (κ2) is 9.25. The number of benzene rings is 2. The largest absolute Gasteiger partial charge is 0.496 e. The number of hydrogen-bond acceptors (Lipinski definition) is 3. The first-order valence-electron chi connectivity index (χ1n) is 9.43. The van der Waals surface area contributed by atoms with E-state index in [9.17, 15) is 4.79 Å². The Balaban J connectivity index is 1.47. The van der Waals surface area contributed by atoms with Crippen LogP contribution in [0.5, 0.6) is 5.75 Å². The third kappa shape index (κ3) is 5.72. The van der Waals surface area contributed by atoms with Crippen molar-refractivity contribution >= 4 is 17.5 Å². The van der Waals surface area contributed by atoms with Gasteiger partial charge in [-0.15, -0.1) is 0 Å². The van der Waals surface area contributed by atoms with Crippen molar-refractivity contribution in [2.45, 2.75) is 38.8 Å². The molecule has 1 heterocycles. The van der Waals surface area contributed by atoms with Crippen LogP contribution in [0, 0.1) is 6.92 Å². The van der Waals surface area contributed by atoms with Crippen molar-refractivity contribution < 1.29 is 9.53 Å². The molecule has 4 nitrogen and oxygen atoms in total. The molecular weight excluding hydrogens is 360 g/mol. The maximum Gasteiger partial charge on any atom is 0.224 e. The van der Waals surface area contributed by atoms with E-state index in [-0.39, 0.29) is 11.9 Å². The van der Waals surface area contributed by atoms with Gasteiger partial charge in [0.25, 0.3) is 0 Å². The lowest BCUT2D eigenvalue weighted by Crippen LogP contribution is -2.44. The van der Waals surface area contributed by atoms with Gasteiger partial charge in [-0.3, -0.25) is 9.69 Å². The third-order valence-corrected chi connectivity index (χ3v) is 5.31. The van der Waals surface area contributed by atoms with Crippen LogP contribution < -0.4 is 10.1 Å². The molecular formula is C22H27ClN2O2. The molecule has 3 rings (SSSR count). The number of amides is 1. The molecule has 0 bridgehead atoms. The number of piperidine rings is 1. The number of halogens is 1. The van der Waals surface area contributed by atoms with Crippen LogP contribution in [0.3, 0.4) is 0 Å². The molecule has 144 valence electrons. The minimum atomic E-state index is 0.0649. The van der Waals surface area contributed by atoms with E-state index >= 15 is 0 Å². The molecule has 1 amide bonds. The first-order valence-corrected chi connectivity index (χ1v) is 9.81. The lowest BCUT2D eigenvalue weighted by atomic mass is 10.0. The lowest BCUT2D eigenvalue weighted by molar-refractivity contribution is -0.121. The Bertz CT molecular complexity index is 768. The number of ether oxygens (including phenoxy) is 1. The van der Waals surface area contributed by atoms with E-state index in [2.05, 4.69) is 22.3 Å². The Morgan fingerprint density at radius 3 is 2.56 bits per heavy atom. The predicted molar refractivity (Wildman–Crippen MR) is 109 cm³/mol. The zero-order valence-electron chi connectivity index (χ0n) is 16.0. The topological polar surface area (TPSA) is 41.6 Å². The fourth-order valence-corrected chi connectivity index (χ4v) is 3.71. The summed E-state index contributed by atoms with van der Waals surface area (Å²) in [5, 5.41) is 3.96. The number of hydrogen-bond donors (Lipinski definition) is 1. The maximum atomic E-state index is 12.5. The third-order valence-electron chi connectivity index (χ3n) is 5.06. The Kier molecular flexibility index (Phi) is 6.75. The van der Waals surface area contributed by atoms with Gasteiger partial charge in [0.1, 0.15) is 5.75 Å². The van der Waals surface area contributed by atoms with Crippen LogP contribution in [0.1, 0.15) is 29.5 Å². The minimum absolute atomic E-state index is 0.0649. The summed E-state index contributed by atoms with van der Waals surface area (Å²) in [6.45, 7) is 4.93. The maximum absolute atomic E-state index is 12.5. The van der Waals surface area contributed by atoms with Gasteiger partial charge in [0.15, 0.2) is 0 Å². The molecule has 1 saturated heterocycles. The summed E-state index contributed by atoms with van der Waals surface area (Å²) in [5.74, 6) is 0.837. The number of nitrogens with one attached hydrogen (secondary N) is 1. The zero-order valence-corrected chi connectivity index (χ0v) is 16.8. The number of methoxy groups -OCH3 is 1. The first-order chi connectivity index (χ1) is 13.0. The lowest BCUT2D eigenvalue weighted by Gasteiger charge is -2.32. The first kappa shape index (κ1) is 19.7. The Morgan fingerprint density at radius 2 is 1.89 bits per heavy atom. The van der Waals surface area contributed by atoms with Crippen LogP contribution in [-0.4, -0.2) is 37.0 Å². The molecule has 0 radical (unpaired) electrons. The van der Waals surface area contributed by atoms with E-state index in [1.165, 1.54) is 5.56 Å². The second-order valence-corrected chi connectivity index (χ2v) is 7.67. The molecule has 0 atom stereocenters. The van der Waals surface area contributed by atoms with Crippen molar-refractivity contribution in [1.29, 1.82) is 0 Å². The van der Waals surface area contributed by atoms with Crippen LogP contribution in [0.2, 0.25) is 5.02 Å². The molecule has 1 N–H and O–H groups in total. The predicted octanol–water partition coefficient (Wildman–Crippen LogP) is 3.98.